The number of likely N-dealkylation sites (N-methyl/N-ethyl adjacent to an activating group) is 1. The Morgan fingerprint density at radius 1 is 0.814 bits per heavy atom. The van der Waals surface area contributed by atoms with Crippen molar-refractivity contribution in [1.29, 1.82) is 0 Å². The largest absolute Gasteiger partial charge is 0.457 e. The van der Waals surface area contributed by atoms with Crippen LogP contribution in [0.3, 0.4) is 0 Å². The van der Waals surface area contributed by atoms with Gasteiger partial charge in [-0.1, -0.05) is 65.7 Å². The number of ether oxygens (including phenoxy) is 1. The monoisotopic (exact) mass is 639 g/mol. The van der Waals surface area contributed by atoms with E-state index in [1.807, 2.05) is 18.2 Å². The Hall–Kier alpha value is -4.05. The zero-order valence-corrected chi connectivity index (χ0v) is 25.9. The van der Waals surface area contributed by atoms with Crippen molar-refractivity contribution in [3.05, 3.63) is 119 Å². The fraction of sp³-hybridized carbons (Fsp3) is 0.188. The first-order chi connectivity index (χ1) is 20.6. The molecule has 11 heteroatoms. The van der Waals surface area contributed by atoms with Crippen LogP contribution < -0.4 is 14.4 Å². The molecule has 0 aromatic heterocycles. The van der Waals surface area contributed by atoms with Crippen molar-refractivity contribution in [2.24, 2.45) is 0 Å². The number of halogens is 2. The number of rotatable bonds is 12. The number of nitrogens with zero attached hydrogens (tertiary/aromatic N) is 2. The van der Waals surface area contributed by atoms with Crippen LogP contribution in [-0.4, -0.2) is 44.3 Å². The Morgan fingerprint density at radius 2 is 1.37 bits per heavy atom. The van der Waals surface area contributed by atoms with E-state index in [2.05, 4.69) is 5.32 Å². The number of hydrogen-bond acceptors (Lipinski definition) is 5. The van der Waals surface area contributed by atoms with Crippen LogP contribution in [-0.2, 0) is 26.2 Å². The van der Waals surface area contributed by atoms with E-state index in [9.17, 15) is 18.0 Å². The number of anilines is 1. The first kappa shape index (κ1) is 31.9. The molecule has 0 saturated carbocycles. The summed E-state index contributed by atoms with van der Waals surface area (Å²) in [6, 6.07) is 27.3. The van der Waals surface area contributed by atoms with Crippen molar-refractivity contribution in [3.8, 4) is 11.5 Å². The van der Waals surface area contributed by atoms with Crippen molar-refractivity contribution in [2.45, 2.75) is 31.3 Å². The SMILES string of the molecule is CCNC(=O)[C@H](C)N(Cc1c(Cl)cccc1Cl)C(=O)CN(c1ccc(Oc2ccccc2)cc1)S(=O)(=O)c1ccccc1. The van der Waals surface area contributed by atoms with E-state index in [1.165, 1.54) is 17.0 Å². The normalized spacial score (nSPS) is 11.8. The average Bonchev–Trinajstić information content (AvgIpc) is 3.01. The topological polar surface area (TPSA) is 96.0 Å². The van der Waals surface area contributed by atoms with Gasteiger partial charge in [-0.05, 0) is 74.5 Å². The van der Waals surface area contributed by atoms with Crippen molar-refractivity contribution >= 4 is 50.7 Å². The van der Waals surface area contributed by atoms with E-state index < -0.39 is 34.4 Å². The molecule has 0 spiro atoms. The molecule has 2 amide bonds. The molecule has 0 unspecified atom stereocenters. The van der Waals surface area contributed by atoms with Gasteiger partial charge in [0.2, 0.25) is 11.8 Å². The maximum atomic E-state index is 14.0. The lowest BCUT2D eigenvalue weighted by molar-refractivity contribution is -0.139. The van der Waals surface area contributed by atoms with Crippen molar-refractivity contribution in [3.63, 3.8) is 0 Å². The molecule has 4 rings (SSSR count). The zero-order valence-electron chi connectivity index (χ0n) is 23.6. The number of carbonyl (C=O) groups excluding carboxylic acids is 2. The number of nitrogens with one attached hydrogen (secondary N) is 1. The number of para-hydroxylation sites is 1. The first-order valence-electron chi connectivity index (χ1n) is 13.5. The minimum Gasteiger partial charge on any atom is -0.457 e. The molecule has 1 atom stereocenters. The quantitative estimate of drug-likeness (QED) is 0.190. The van der Waals surface area contributed by atoms with E-state index in [4.69, 9.17) is 27.9 Å². The van der Waals surface area contributed by atoms with Gasteiger partial charge in [0.1, 0.15) is 24.1 Å². The van der Waals surface area contributed by atoms with Crippen molar-refractivity contribution in [2.75, 3.05) is 17.4 Å². The lowest BCUT2D eigenvalue weighted by Crippen LogP contribution is -2.51. The fourth-order valence-electron chi connectivity index (χ4n) is 4.31. The Morgan fingerprint density at radius 3 is 1.95 bits per heavy atom. The van der Waals surface area contributed by atoms with E-state index >= 15 is 0 Å². The van der Waals surface area contributed by atoms with Crippen LogP contribution in [0.25, 0.3) is 0 Å². The molecule has 0 saturated heterocycles. The molecule has 0 aliphatic rings. The lowest BCUT2D eigenvalue weighted by atomic mass is 10.1. The highest BCUT2D eigenvalue weighted by Crippen LogP contribution is 2.30. The van der Waals surface area contributed by atoms with Crippen LogP contribution in [0.5, 0.6) is 11.5 Å². The van der Waals surface area contributed by atoms with Crippen LogP contribution in [0, 0.1) is 0 Å². The summed E-state index contributed by atoms with van der Waals surface area (Å²) < 4.78 is 34.8. The Labute approximate surface area is 261 Å². The molecule has 0 radical (unpaired) electrons. The summed E-state index contributed by atoms with van der Waals surface area (Å²) in [4.78, 5) is 28.2. The second kappa shape index (κ2) is 14.4. The Balaban J connectivity index is 1.71. The molecular weight excluding hydrogens is 609 g/mol. The van der Waals surface area contributed by atoms with E-state index in [0.29, 0.717) is 33.7 Å². The zero-order chi connectivity index (χ0) is 31.0. The number of amides is 2. The molecule has 0 bridgehead atoms. The highest BCUT2D eigenvalue weighted by molar-refractivity contribution is 7.92. The van der Waals surface area contributed by atoms with Crippen molar-refractivity contribution < 1.29 is 22.7 Å². The van der Waals surface area contributed by atoms with Crippen LogP contribution in [0.4, 0.5) is 5.69 Å². The molecule has 4 aromatic rings. The summed E-state index contributed by atoms with van der Waals surface area (Å²) in [5.41, 5.74) is 0.675. The van der Waals surface area contributed by atoms with Gasteiger partial charge in [-0.2, -0.15) is 0 Å². The summed E-state index contributed by atoms with van der Waals surface area (Å²) in [5, 5.41) is 3.35. The summed E-state index contributed by atoms with van der Waals surface area (Å²) in [6.07, 6.45) is 0. The lowest BCUT2D eigenvalue weighted by Gasteiger charge is -2.32. The van der Waals surface area contributed by atoms with Crippen molar-refractivity contribution in [1.82, 2.24) is 10.2 Å². The van der Waals surface area contributed by atoms with E-state index in [-0.39, 0.29) is 17.1 Å². The van der Waals surface area contributed by atoms with Gasteiger partial charge in [0.25, 0.3) is 10.0 Å². The third-order valence-corrected chi connectivity index (χ3v) is 9.12. The van der Waals surface area contributed by atoms with Crippen LogP contribution >= 0.6 is 23.2 Å². The van der Waals surface area contributed by atoms with Gasteiger partial charge >= 0.3 is 0 Å². The highest BCUT2D eigenvalue weighted by atomic mass is 35.5. The van der Waals surface area contributed by atoms with E-state index in [0.717, 1.165) is 4.31 Å². The van der Waals surface area contributed by atoms with Gasteiger partial charge in [-0.3, -0.25) is 13.9 Å². The highest BCUT2D eigenvalue weighted by Gasteiger charge is 2.33. The minimum atomic E-state index is -4.21. The maximum absolute atomic E-state index is 14.0. The molecule has 43 heavy (non-hydrogen) atoms. The molecule has 0 heterocycles. The second-order valence-corrected chi connectivity index (χ2v) is 12.2. The summed E-state index contributed by atoms with van der Waals surface area (Å²) in [7, 11) is -4.21. The smallest absolute Gasteiger partial charge is 0.264 e. The van der Waals surface area contributed by atoms with Crippen LogP contribution in [0.15, 0.2) is 108 Å². The summed E-state index contributed by atoms with van der Waals surface area (Å²) >= 11 is 12.8. The fourth-order valence-corrected chi connectivity index (χ4v) is 6.26. The summed E-state index contributed by atoms with van der Waals surface area (Å²) in [6.45, 7) is 2.98. The van der Waals surface area contributed by atoms with Gasteiger partial charge in [-0.15, -0.1) is 0 Å². The number of benzene rings is 4. The Bertz CT molecular complexity index is 1630. The van der Waals surface area contributed by atoms with Gasteiger partial charge in [0, 0.05) is 28.7 Å². The standard InChI is InChI=1S/C32H31Cl2N3O5S/c1-3-35-32(39)23(2)36(21-28-29(33)15-10-16-30(28)34)31(38)22-37(43(40,41)27-13-8-5-9-14-27)24-17-19-26(20-18-24)42-25-11-6-4-7-12-25/h4-20,23H,3,21-22H2,1-2H3,(H,35,39)/t23-/m0/s1. The van der Waals surface area contributed by atoms with Crippen LogP contribution in [0.1, 0.15) is 19.4 Å². The Kier molecular flexibility index (Phi) is 10.7. The molecule has 0 aliphatic heterocycles. The molecule has 0 fully saturated rings. The molecule has 224 valence electrons. The molecular formula is C32H31Cl2N3O5S. The molecule has 1 N–H and O–H groups in total. The number of sulfonamides is 1. The summed E-state index contributed by atoms with van der Waals surface area (Å²) in [5.74, 6) is 0.0726. The number of hydrogen-bond donors (Lipinski definition) is 1. The predicted octanol–water partition coefficient (Wildman–Crippen LogP) is 6.53. The van der Waals surface area contributed by atoms with Gasteiger partial charge in [0.05, 0.1) is 10.6 Å². The maximum Gasteiger partial charge on any atom is 0.264 e. The second-order valence-electron chi connectivity index (χ2n) is 9.53. The third-order valence-electron chi connectivity index (χ3n) is 6.62. The number of carbonyl (C=O) groups is 2. The van der Waals surface area contributed by atoms with Crippen LogP contribution in [0.2, 0.25) is 10.0 Å². The molecule has 4 aromatic carbocycles. The van der Waals surface area contributed by atoms with Gasteiger partial charge in [0.15, 0.2) is 0 Å². The third kappa shape index (κ3) is 7.87. The van der Waals surface area contributed by atoms with Gasteiger partial charge in [-0.25, -0.2) is 8.42 Å². The molecule has 8 nitrogen and oxygen atoms in total. The first-order valence-corrected chi connectivity index (χ1v) is 15.7. The minimum absolute atomic E-state index is 0.00452. The average molecular weight is 641 g/mol. The van der Waals surface area contributed by atoms with E-state index in [1.54, 1.807) is 86.6 Å². The van der Waals surface area contributed by atoms with Gasteiger partial charge < -0.3 is 15.0 Å². The predicted molar refractivity (Wildman–Crippen MR) is 169 cm³/mol. The molecule has 0 aliphatic carbocycles.